The number of rotatable bonds is 3. The van der Waals surface area contributed by atoms with Gasteiger partial charge in [0.15, 0.2) is 6.23 Å². The third-order valence-corrected chi connectivity index (χ3v) is 3.68. The molecule has 1 unspecified atom stereocenters. The summed E-state index contributed by atoms with van der Waals surface area (Å²) in [7, 11) is 0. The summed E-state index contributed by atoms with van der Waals surface area (Å²) in [4.78, 5) is 12.1. The summed E-state index contributed by atoms with van der Waals surface area (Å²) >= 11 is 0. The number of azide groups is 1. The number of hydrogen-bond donors (Lipinski definition) is 5. The van der Waals surface area contributed by atoms with Gasteiger partial charge in [0.05, 0.1) is 19.3 Å². The lowest BCUT2D eigenvalue weighted by atomic mass is 10.1. The molecule has 3 heterocycles. The summed E-state index contributed by atoms with van der Waals surface area (Å²) < 4.78 is 5.42. The molecule has 0 radical (unpaired) electrons. The highest BCUT2D eigenvalue weighted by molar-refractivity contribution is 5.71. The molecule has 3 aliphatic rings. The molecule has 0 aromatic rings. The van der Waals surface area contributed by atoms with E-state index in [4.69, 9.17) is 21.1 Å². The molecule has 12 heteroatoms. The highest BCUT2D eigenvalue weighted by Gasteiger charge is 2.55. The Kier molecular flexibility index (Phi) is 3.39. The molecule has 0 aliphatic carbocycles. The second kappa shape index (κ2) is 5.12. The summed E-state index contributed by atoms with van der Waals surface area (Å²) in [5, 5.41) is 35.4. The molecule has 5 atom stereocenters. The molecule has 0 saturated carbocycles. The molecule has 0 bridgehead atoms. The van der Waals surface area contributed by atoms with Crippen molar-refractivity contribution >= 4 is 12.7 Å². The molecule has 0 aromatic heterocycles. The first-order valence-electron chi connectivity index (χ1n) is 6.37. The molecule has 0 amide bonds. The van der Waals surface area contributed by atoms with E-state index in [-0.39, 0.29) is 11.5 Å². The smallest absolute Gasteiger partial charge is 0.262 e. The van der Waals surface area contributed by atoms with Gasteiger partial charge in [-0.15, -0.1) is 0 Å². The van der Waals surface area contributed by atoms with E-state index in [1.807, 2.05) is 0 Å². The van der Waals surface area contributed by atoms with Crippen molar-refractivity contribution in [3.05, 3.63) is 22.0 Å². The predicted octanol–water partition coefficient (Wildman–Crippen LogP) is -2.51. The van der Waals surface area contributed by atoms with Crippen molar-refractivity contribution < 1.29 is 20.1 Å². The summed E-state index contributed by atoms with van der Waals surface area (Å²) in [6.07, 6.45) is -2.28. The van der Waals surface area contributed by atoms with Crippen LogP contribution in [-0.2, 0) is 4.74 Å². The maximum absolute atomic E-state index is 10.1. The molecule has 1 fully saturated rings. The fourth-order valence-electron chi connectivity index (χ4n) is 2.59. The van der Waals surface area contributed by atoms with Crippen LogP contribution in [-0.4, -0.2) is 69.8 Å². The average Bonchev–Trinajstić information content (AvgIpc) is 3.00. The van der Waals surface area contributed by atoms with Crippen LogP contribution in [0.5, 0.6) is 0 Å². The van der Waals surface area contributed by atoms with Crippen molar-refractivity contribution in [2.75, 3.05) is 6.61 Å². The third-order valence-electron chi connectivity index (χ3n) is 3.68. The predicted molar refractivity (Wildman–Crippen MR) is 72.8 cm³/mol. The van der Waals surface area contributed by atoms with E-state index in [9.17, 15) is 10.2 Å². The zero-order chi connectivity index (χ0) is 15.9. The van der Waals surface area contributed by atoms with Crippen LogP contribution in [0.4, 0.5) is 0 Å². The highest BCUT2D eigenvalue weighted by atomic mass is 16.6. The average molecular weight is 310 g/mol. The number of fused-ring (bicyclic) bond motifs is 1. The van der Waals surface area contributed by atoms with Crippen LogP contribution in [0.25, 0.3) is 10.4 Å². The molecule has 0 aromatic carbocycles. The Balaban J connectivity index is 2.01. The fourth-order valence-corrected chi connectivity index (χ4v) is 2.59. The second-order valence-corrected chi connectivity index (χ2v) is 4.87. The van der Waals surface area contributed by atoms with Crippen LogP contribution in [0.2, 0.25) is 0 Å². The van der Waals surface area contributed by atoms with Gasteiger partial charge in [0, 0.05) is 4.91 Å². The maximum atomic E-state index is 10.1. The molecular weight excluding hydrogens is 296 g/mol. The summed E-state index contributed by atoms with van der Waals surface area (Å²) in [5.74, 6) is -1.52. The van der Waals surface area contributed by atoms with Gasteiger partial charge in [-0.05, 0) is 10.6 Å². The van der Waals surface area contributed by atoms with Gasteiger partial charge in [0.1, 0.15) is 29.8 Å². The van der Waals surface area contributed by atoms with Crippen LogP contribution in [0.1, 0.15) is 0 Å². The Hall–Kier alpha value is -2.37. The molecule has 12 nitrogen and oxygen atoms in total. The molecule has 6 N–H and O–H groups in total. The number of nitrogens with one attached hydrogen (secondary N) is 1. The zero-order valence-corrected chi connectivity index (χ0v) is 11.2. The van der Waals surface area contributed by atoms with Crippen LogP contribution in [0.3, 0.4) is 0 Å². The number of nitrogens with two attached hydrogens (primary N) is 1. The van der Waals surface area contributed by atoms with E-state index >= 15 is 0 Å². The zero-order valence-electron chi connectivity index (χ0n) is 11.2. The minimum absolute atomic E-state index is 0.132. The Labute approximate surface area is 123 Å². The quantitative estimate of drug-likeness (QED) is 0.216. The van der Waals surface area contributed by atoms with E-state index < -0.39 is 36.9 Å². The van der Waals surface area contributed by atoms with Crippen molar-refractivity contribution in [1.29, 1.82) is 0 Å². The second-order valence-electron chi connectivity index (χ2n) is 4.87. The maximum Gasteiger partial charge on any atom is 0.262 e. The molecule has 3 aliphatic heterocycles. The van der Waals surface area contributed by atoms with Gasteiger partial charge in [0.2, 0.25) is 0 Å². The molecule has 118 valence electrons. The summed E-state index contributed by atoms with van der Waals surface area (Å²) in [5.41, 5.74) is 14.8. The summed E-state index contributed by atoms with van der Waals surface area (Å²) in [6, 6.07) is 0. The molecule has 22 heavy (non-hydrogen) atoms. The normalized spacial score (nSPS) is 39.7. The first-order valence-corrected chi connectivity index (χ1v) is 6.37. The van der Waals surface area contributed by atoms with Gasteiger partial charge >= 0.3 is 0 Å². The van der Waals surface area contributed by atoms with Crippen LogP contribution < -0.4 is 11.1 Å². The number of aliphatic hydroxyl groups excluding tert-OH is 3. The van der Waals surface area contributed by atoms with E-state index in [0.29, 0.717) is 0 Å². The minimum Gasteiger partial charge on any atom is -0.394 e. The lowest BCUT2D eigenvalue weighted by Gasteiger charge is -2.37. The van der Waals surface area contributed by atoms with Gasteiger partial charge in [-0.2, -0.15) is 0 Å². The van der Waals surface area contributed by atoms with Gasteiger partial charge < -0.3 is 31.1 Å². The molecule has 3 rings (SSSR count). The minimum atomic E-state index is -1.65. The first kappa shape index (κ1) is 14.6. The number of ether oxygens (including phenoxy) is 1. The third kappa shape index (κ3) is 1.83. The van der Waals surface area contributed by atoms with Gasteiger partial charge in [-0.3, -0.25) is 4.90 Å². The Morgan fingerprint density at radius 3 is 2.95 bits per heavy atom. The number of hydrogen-bond acceptors (Lipinski definition) is 10. The van der Waals surface area contributed by atoms with Crippen LogP contribution in [0.15, 0.2) is 26.6 Å². The van der Waals surface area contributed by atoms with Crippen LogP contribution >= 0.6 is 0 Å². The monoisotopic (exact) mass is 310 g/mol. The molecule has 1 saturated heterocycles. The van der Waals surface area contributed by atoms with E-state index in [2.05, 4.69) is 25.3 Å². The topological polar surface area (TPSA) is 185 Å². The van der Waals surface area contributed by atoms with Crippen LogP contribution in [0, 0.1) is 0 Å². The highest BCUT2D eigenvalue weighted by Crippen LogP contribution is 2.39. The lowest BCUT2D eigenvalue weighted by molar-refractivity contribution is -0.0903. The SMILES string of the molecule is [N-]=[N+]=NC12N=CNC(N)=C1N=CN2[C@@H]1O[C@H](CO)[C@@H](O)[C@H]1O. The van der Waals surface area contributed by atoms with Crippen molar-refractivity contribution in [3.63, 3.8) is 0 Å². The Morgan fingerprint density at radius 2 is 2.32 bits per heavy atom. The molecular formula is C10H14N8O4. The van der Waals surface area contributed by atoms with Gasteiger partial charge in [0.25, 0.3) is 5.79 Å². The summed E-state index contributed by atoms with van der Waals surface area (Å²) in [6.45, 7) is -0.482. The van der Waals surface area contributed by atoms with Crippen molar-refractivity contribution in [1.82, 2.24) is 10.2 Å². The largest absolute Gasteiger partial charge is 0.394 e. The lowest BCUT2D eigenvalue weighted by Crippen LogP contribution is -2.54. The fraction of sp³-hybridized carbons (Fsp3) is 0.600. The van der Waals surface area contributed by atoms with E-state index in [1.165, 1.54) is 17.6 Å². The number of aliphatic imine (C=N–C) groups is 2. The first-order chi connectivity index (χ1) is 10.5. The molecule has 0 spiro atoms. The number of aliphatic hydroxyl groups is 3. The van der Waals surface area contributed by atoms with Crippen molar-refractivity contribution in [2.45, 2.75) is 30.3 Å². The number of nitrogens with zero attached hydrogens (tertiary/aromatic N) is 6. The van der Waals surface area contributed by atoms with Gasteiger partial charge in [-0.1, -0.05) is 0 Å². The van der Waals surface area contributed by atoms with E-state index in [1.54, 1.807) is 0 Å². The van der Waals surface area contributed by atoms with Crippen molar-refractivity contribution in [2.24, 2.45) is 20.8 Å². The Morgan fingerprint density at radius 1 is 1.55 bits per heavy atom. The Bertz CT molecular complexity index is 614. The van der Waals surface area contributed by atoms with Gasteiger partial charge in [-0.25, -0.2) is 9.98 Å². The standard InChI is InChI=1S/C10H14N8O4/c11-8-7-10(16-17-12,15-2-13-8)18(3-14-7)9-6(21)5(20)4(1-19)22-9/h2-6,9,19-21H,1,11H2,(H,13,15)/t4-,5-,6-,9-,10?/m1/s1. The van der Waals surface area contributed by atoms with Crippen molar-refractivity contribution in [3.8, 4) is 0 Å². The van der Waals surface area contributed by atoms with E-state index in [0.717, 1.165) is 0 Å².